The fraction of sp³-hybridized carbons (Fsp3) is 0.923. The number of nitrogens with two attached hydrogens (primary N) is 1. The van der Waals surface area contributed by atoms with Crippen molar-refractivity contribution in [1.29, 1.82) is 0 Å². The number of likely N-dealkylation sites (tertiary alicyclic amines) is 1. The van der Waals surface area contributed by atoms with Gasteiger partial charge in [0.05, 0.1) is 6.04 Å². The largest absolute Gasteiger partial charge is 0.381 e. The lowest BCUT2D eigenvalue weighted by Crippen LogP contribution is -2.49. The van der Waals surface area contributed by atoms with Crippen LogP contribution in [0.5, 0.6) is 0 Å². The van der Waals surface area contributed by atoms with Crippen LogP contribution in [0, 0.1) is 5.92 Å². The van der Waals surface area contributed by atoms with Crippen LogP contribution in [0.3, 0.4) is 0 Å². The normalized spacial score (nSPS) is 28.2. The third-order valence-corrected chi connectivity index (χ3v) is 4.26. The monoisotopic (exact) mass is 255 g/mol. The first-order chi connectivity index (χ1) is 8.68. The third-order valence-electron chi connectivity index (χ3n) is 4.26. The molecule has 2 unspecified atom stereocenters. The van der Waals surface area contributed by atoms with E-state index in [0.717, 1.165) is 39.1 Å². The van der Waals surface area contributed by atoms with Gasteiger partial charge in [-0.25, -0.2) is 0 Å². The van der Waals surface area contributed by atoms with Crippen LogP contribution in [0.2, 0.25) is 0 Å². The Balaban J connectivity index is 1.73. The van der Waals surface area contributed by atoms with E-state index in [-0.39, 0.29) is 17.9 Å². The summed E-state index contributed by atoms with van der Waals surface area (Å²) in [6.07, 6.45) is 4.20. The fourth-order valence-electron chi connectivity index (χ4n) is 2.86. The molecule has 1 amide bonds. The Morgan fingerprint density at radius 1 is 1.44 bits per heavy atom. The predicted molar refractivity (Wildman–Crippen MR) is 70.2 cm³/mol. The fourth-order valence-corrected chi connectivity index (χ4v) is 2.86. The number of nitrogens with zero attached hydrogens (tertiary/aromatic N) is 1. The number of hydrogen-bond donors (Lipinski definition) is 2. The van der Waals surface area contributed by atoms with E-state index in [2.05, 4.69) is 17.3 Å². The van der Waals surface area contributed by atoms with Crippen LogP contribution >= 0.6 is 0 Å². The Labute approximate surface area is 109 Å². The maximum absolute atomic E-state index is 12.0. The summed E-state index contributed by atoms with van der Waals surface area (Å²) >= 11 is 0. The summed E-state index contributed by atoms with van der Waals surface area (Å²) in [5.41, 5.74) is 6.03. The van der Waals surface area contributed by atoms with Crippen LogP contribution in [-0.4, -0.2) is 56.2 Å². The van der Waals surface area contributed by atoms with Crippen LogP contribution in [-0.2, 0) is 9.53 Å². The molecule has 2 heterocycles. The molecule has 2 fully saturated rings. The van der Waals surface area contributed by atoms with Crippen LogP contribution in [0.15, 0.2) is 0 Å². The van der Waals surface area contributed by atoms with Gasteiger partial charge >= 0.3 is 0 Å². The maximum Gasteiger partial charge on any atom is 0.237 e. The van der Waals surface area contributed by atoms with E-state index >= 15 is 0 Å². The molecule has 0 aromatic heterocycles. The van der Waals surface area contributed by atoms with Gasteiger partial charge in [-0.2, -0.15) is 0 Å². The highest BCUT2D eigenvalue weighted by Crippen LogP contribution is 2.18. The van der Waals surface area contributed by atoms with E-state index in [9.17, 15) is 4.79 Å². The number of ether oxygens (including phenoxy) is 1. The Bertz CT molecular complexity index is 279. The highest BCUT2D eigenvalue weighted by atomic mass is 16.5. The minimum atomic E-state index is -0.374. The summed E-state index contributed by atoms with van der Waals surface area (Å²) < 4.78 is 5.29. The molecule has 0 bridgehead atoms. The molecule has 2 saturated heterocycles. The smallest absolute Gasteiger partial charge is 0.237 e. The van der Waals surface area contributed by atoms with Crippen molar-refractivity contribution in [3.05, 3.63) is 0 Å². The molecule has 5 nitrogen and oxygen atoms in total. The van der Waals surface area contributed by atoms with Gasteiger partial charge in [-0.05, 0) is 45.2 Å². The molecule has 5 heteroatoms. The van der Waals surface area contributed by atoms with Gasteiger partial charge in [0, 0.05) is 25.8 Å². The molecule has 0 aliphatic carbocycles. The molecular formula is C13H25N3O2. The lowest BCUT2D eigenvalue weighted by Gasteiger charge is -2.27. The molecule has 0 spiro atoms. The lowest BCUT2D eigenvalue weighted by molar-refractivity contribution is -0.124. The lowest BCUT2D eigenvalue weighted by atomic mass is 9.92. The Hall–Kier alpha value is -0.650. The first-order valence-corrected chi connectivity index (χ1v) is 7.00. The Morgan fingerprint density at radius 3 is 2.78 bits per heavy atom. The molecule has 0 radical (unpaired) electrons. The van der Waals surface area contributed by atoms with Crippen molar-refractivity contribution in [3.8, 4) is 0 Å². The molecular weight excluding hydrogens is 230 g/mol. The average Bonchev–Trinajstić information content (AvgIpc) is 2.81. The number of hydrogen-bond acceptors (Lipinski definition) is 4. The zero-order valence-electron chi connectivity index (χ0n) is 11.2. The maximum atomic E-state index is 12.0. The Kier molecular flexibility index (Phi) is 4.97. The molecule has 104 valence electrons. The SMILES string of the molecule is CN1CCCC1CNC(=O)C(N)C1CCOCC1. The van der Waals surface area contributed by atoms with Gasteiger partial charge in [0.2, 0.25) is 5.91 Å². The number of carbonyl (C=O) groups is 1. The van der Waals surface area contributed by atoms with Crippen LogP contribution in [0.25, 0.3) is 0 Å². The van der Waals surface area contributed by atoms with Gasteiger partial charge in [-0.15, -0.1) is 0 Å². The van der Waals surface area contributed by atoms with Crippen molar-refractivity contribution in [2.45, 2.75) is 37.8 Å². The molecule has 2 rings (SSSR count). The number of carbonyl (C=O) groups excluding carboxylic acids is 1. The molecule has 0 aromatic carbocycles. The van der Waals surface area contributed by atoms with Crippen molar-refractivity contribution in [2.24, 2.45) is 11.7 Å². The number of amides is 1. The first-order valence-electron chi connectivity index (χ1n) is 7.00. The molecule has 2 aliphatic heterocycles. The minimum Gasteiger partial charge on any atom is -0.381 e. The van der Waals surface area contributed by atoms with Crippen LogP contribution < -0.4 is 11.1 Å². The topological polar surface area (TPSA) is 67.6 Å². The average molecular weight is 255 g/mol. The zero-order chi connectivity index (χ0) is 13.0. The van der Waals surface area contributed by atoms with Gasteiger partial charge in [0.1, 0.15) is 0 Å². The summed E-state index contributed by atoms with van der Waals surface area (Å²) in [5.74, 6) is 0.280. The van der Waals surface area contributed by atoms with Crippen molar-refractivity contribution in [2.75, 3.05) is 33.4 Å². The summed E-state index contributed by atoms with van der Waals surface area (Å²) in [7, 11) is 2.11. The summed E-state index contributed by atoms with van der Waals surface area (Å²) in [6, 6.07) is 0.108. The number of likely N-dealkylation sites (N-methyl/N-ethyl adjacent to an activating group) is 1. The minimum absolute atomic E-state index is 0.00204. The van der Waals surface area contributed by atoms with Crippen LogP contribution in [0.1, 0.15) is 25.7 Å². The Morgan fingerprint density at radius 2 is 2.17 bits per heavy atom. The van der Waals surface area contributed by atoms with Crippen molar-refractivity contribution >= 4 is 5.91 Å². The second-order valence-corrected chi connectivity index (χ2v) is 5.50. The summed E-state index contributed by atoms with van der Waals surface area (Å²) in [5, 5.41) is 3.01. The van der Waals surface area contributed by atoms with E-state index < -0.39 is 0 Å². The van der Waals surface area contributed by atoms with E-state index in [1.807, 2.05) is 0 Å². The van der Waals surface area contributed by atoms with Gasteiger partial charge in [-0.1, -0.05) is 0 Å². The summed E-state index contributed by atoms with van der Waals surface area (Å²) in [6.45, 7) is 3.33. The van der Waals surface area contributed by atoms with E-state index in [0.29, 0.717) is 6.04 Å². The molecule has 18 heavy (non-hydrogen) atoms. The highest BCUT2D eigenvalue weighted by molar-refractivity contribution is 5.81. The highest BCUT2D eigenvalue weighted by Gasteiger charge is 2.28. The second kappa shape index (κ2) is 6.50. The predicted octanol–water partition coefficient (Wildman–Crippen LogP) is -0.0493. The second-order valence-electron chi connectivity index (χ2n) is 5.50. The van der Waals surface area contributed by atoms with E-state index in [1.165, 1.54) is 12.8 Å². The summed E-state index contributed by atoms with van der Waals surface area (Å²) in [4.78, 5) is 14.3. The standard InChI is InChI=1S/C13H25N3O2/c1-16-6-2-3-11(16)9-15-13(17)12(14)10-4-7-18-8-5-10/h10-12H,2-9,14H2,1H3,(H,15,17). The third kappa shape index (κ3) is 3.43. The first kappa shape index (κ1) is 13.8. The van der Waals surface area contributed by atoms with Gasteiger partial charge in [0.25, 0.3) is 0 Å². The van der Waals surface area contributed by atoms with E-state index in [1.54, 1.807) is 0 Å². The van der Waals surface area contributed by atoms with Gasteiger partial charge < -0.3 is 20.7 Å². The van der Waals surface area contributed by atoms with Gasteiger partial charge in [0.15, 0.2) is 0 Å². The number of nitrogens with one attached hydrogen (secondary N) is 1. The van der Waals surface area contributed by atoms with Crippen molar-refractivity contribution in [3.63, 3.8) is 0 Å². The van der Waals surface area contributed by atoms with Gasteiger partial charge in [-0.3, -0.25) is 4.79 Å². The molecule has 2 aliphatic rings. The van der Waals surface area contributed by atoms with Crippen molar-refractivity contribution < 1.29 is 9.53 Å². The zero-order valence-corrected chi connectivity index (χ0v) is 11.2. The van der Waals surface area contributed by atoms with Crippen LogP contribution in [0.4, 0.5) is 0 Å². The quantitative estimate of drug-likeness (QED) is 0.739. The van der Waals surface area contributed by atoms with Crippen molar-refractivity contribution in [1.82, 2.24) is 10.2 Å². The molecule has 3 N–H and O–H groups in total. The number of rotatable bonds is 4. The molecule has 0 saturated carbocycles. The molecule has 2 atom stereocenters. The van der Waals surface area contributed by atoms with E-state index in [4.69, 9.17) is 10.5 Å². The molecule has 0 aromatic rings.